The summed E-state index contributed by atoms with van der Waals surface area (Å²) in [7, 11) is 0. The first-order valence-electron chi connectivity index (χ1n) is 10.0. The number of hydrogen-bond acceptors (Lipinski definition) is 4. The molecule has 1 fully saturated rings. The number of fused-ring (bicyclic) bond motifs is 5. The van der Waals surface area contributed by atoms with Gasteiger partial charge >= 0.3 is 0 Å². The van der Waals surface area contributed by atoms with Crippen LogP contribution in [0.15, 0.2) is 36.5 Å². The Balaban J connectivity index is 1.68. The molecular weight excluding hydrogens is 334 g/mol. The molecule has 1 N–H and O–H groups in total. The number of anilines is 1. The van der Waals surface area contributed by atoms with Gasteiger partial charge in [0, 0.05) is 36.0 Å². The number of rotatable bonds is 5. The van der Waals surface area contributed by atoms with E-state index in [4.69, 9.17) is 9.97 Å². The molecule has 1 saturated carbocycles. The summed E-state index contributed by atoms with van der Waals surface area (Å²) < 4.78 is 2.49. The third-order valence-electron chi connectivity index (χ3n) is 5.79. The summed E-state index contributed by atoms with van der Waals surface area (Å²) in [5.41, 5.74) is 5.38. The molecule has 1 unspecified atom stereocenters. The maximum Gasteiger partial charge on any atom is 0.126 e. The van der Waals surface area contributed by atoms with Crippen molar-refractivity contribution in [3.8, 4) is 22.6 Å². The molecule has 1 aliphatic carbocycles. The first-order valence-corrected chi connectivity index (χ1v) is 10.0. The van der Waals surface area contributed by atoms with Gasteiger partial charge in [-0.25, -0.2) is 9.97 Å². The fraction of sp³-hybridized carbons (Fsp3) is 0.409. The second-order valence-corrected chi connectivity index (χ2v) is 7.72. The lowest BCUT2D eigenvalue weighted by Crippen LogP contribution is -2.08. The van der Waals surface area contributed by atoms with Gasteiger partial charge < -0.3 is 9.88 Å². The molecule has 138 valence electrons. The van der Waals surface area contributed by atoms with E-state index in [9.17, 15) is 0 Å². The standard InChI is InChI=1S/C22H25N5/c1-3-10-23-19-13-15(9-11-24-19)21-20(18-6-4-5-14(2)25-18)26-22-16-7-8-17(12-16)27(21)22/h4-6,9,11,13,16-17H,3,7-8,10,12H2,1-2H3,(H,23,24)/t16?,17-/m1/s1. The molecule has 3 aromatic rings. The third kappa shape index (κ3) is 2.73. The molecule has 1 aliphatic heterocycles. The number of aryl methyl sites for hydroxylation is 1. The molecule has 2 bridgehead atoms. The molecule has 3 aromatic heterocycles. The van der Waals surface area contributed by atoms with E-state index in [0.29, 0.717) is 12.0 Å². The van der Waals surface area contributed by atoms with Crippen molar-refractivity contribution in [2.24, 2.45) is 0 Å². The molecule has 2 aliphatic rings. The fourth-order valence-electron chi connectivity index (χ4n) is 4.59. The number of nitrogens with zero attached hydrogens (tertiary/aromatic N) is 4. The highest BCUT2D eigenvalue weighted by Gasteiger charge is 2.41. The minimum atomic E-state index is 0.575. The molecule has 27 heavy (non-hydrogen) atoms. The van der Waals surface area contributed by atoms with Gasteiger partial charge in [0.25, 0.3) is 0 Å². The summed E-state index contributed by atoms with van der Waals surface area (Å²) in [6.07, 6.45) is 6.74. The maximum atomic E-state index is 5.11. The molecule has 2 atom stereocenters. The van der Waals surface area contributed by atoms with Crippen molar-refractivity contribution >= 4 is 5.82 Å². The first-order chi connectivity index (χ1) is 13.2. The molecule has 0 aromatic carbocycles. The molecule has 5 rings (SSSR count). The van der Waals surface area contributed by atoms with Gasteiger partial charge in [0.15, 0.2) is 0 Å². The normalized spacial score (nSPS) is 20.1. The van der Waals surface area contributed by atoms with Gasteiger partial charge in [-0.15, -0.1) is 0 Å². The van der Waals surface area contributed by atoms with Crippen LogP contribution in [-0.2, 0) is 0 Å². The molecular formula is C22H25N5. The van der Waals surface area contributed by atoms with Gasteiger partial charge in [-0.05, 0) is 56.9 Å². The third-order valence-corrected chi connectivity index (χ3v) is 5.79. The van der Waals surface area contributed by atoms with Crippen LogP contribution in [-0.4, -0.2) is 26.1 Å². The molecule has 0 radical (unpaired) electrons. The van der Waals surface area contributed by atoms with Gasteiger partial charge in [0.1, 0.15) is 17.3 Å². The Hall–Kier alpha value is -2.69. The minimum Gasteiger partial charge on any atom is -0.370 e. The van der Waals surface area contributed by atoms with Crippen molar-refractivity contribution in [2.45, 2.75) is 51.5 Å². The van der Waals surface area contributed by atoms with E-state index in [1.807, 2.05) is 19.2 Å². The van der Waals surface area contributed by atoms with Crippen molar-refractivity contribution in [3.63, 3.8) is 0 Å². The summed E-state index contributed by atoms with van der Waals surface area (Å²) >= 11 is 0. The summed E-state index contributed by atoms with van der Waals surface area (Å²) in [4.78, 5) is 14.4. The average Bonchev–Trinajstić information content (AvgIpc) is 3.38. The summed E-state index contributed by atoms with van der Waals surface area (Å²) in [6.45, 7) is 5.13. The smallest absolute Gasteiger partial charge is 0.126 e. The predicted molar refractivity (Wildman–Crippen MR) is 108 cm³/mol. The lowest BCUT2D eigenvalue weighted by atomic mass is 10.1. The van der Waals surface area contributed by atoms with E-state index in [2.05, 4.69) is 46.1 Å². The van der Waals surface area contributed by atoms with Gasteiger partial charge in [0.2, 0.25) is 0 Å². The van der Waals surface area contributed by atoms with Crippen LogP contribution < -0.4 is 5.32 Å². The van der Waals surface area contributed by atoms with E-state index >= 15 is 0 Å². The largest absolute Gasteiger partial charge is 0.370 e. The quantitative estimate of drug-likeness (QED) is 0.699. The van der Waals surface area contributed by atoms with Crippen LogP contribution in [0.4, 0.5) is 5.82 Å². The highest BCUT2D eigenvalue weighted by atomic mass is 15.2. The lowest BCUT2D eigenvalue weighted by Gasteiger charge is -2.17. The maximum absolute atomic E-state index is 5.11. The van der Waals surface area contributed by atoms with Gasteiger partial charge in [0.05, 0.1) is 11.4 Å². The van der Waals surface area contributed by atoms with Crippen LogP contribution in [0.2, 0.25) is 0 Å². The second kappa shape index (κ2) is 6.48. The van der Waals surface area contributed by atoms with Crippen LogP contribution >= 0.6 is 0 Å². The Morgan fingerprint density at radius 2 is 2.11 bits per heavy atom. The number of pyridine rings is 2. The van der Waals surface area contributed by atoms with Crippen LogP contribution in [0, 0.1) is 6.92 Å². The predicted octanol–water partition coefficient (Wildman–Crippen LogP) is 4.96. The van der Waals surface area contributed by atoms with E-state index in [-0.39, 0.29) is 0 Å². The Morgan fingerprint density at radius 3 is 2.96 bits per heavy atom. The van der Waals surface area contributed by atoms with E-state index < -0.39 is 0 Å². The van der Waals surface area contributed by atoms with Crippen LogP contribution in [0.25, 0.3) is 22.6 Å². The molecule has 0 amide bonds. The summed E-state index contributed by atoms with van der Waals surface area (Å²) in [5.74, 6) is 2.78. The molecule has 5 nitrogen and oxygen atoms in total. The van der Waals surface area contributed by atoms with Crippen LogP contribution in [0.1, 0.15) is 56.1 Å². The number of hydrogen-bond donors (Lipinski definition) is 1. The SMILES string of the molecule is CCCNc1cc(-c2c(-c3cccc(C)n3)nc3n2[C@@H]2CCC3C2)ccn1. The molecule has 4 heterocycles. The number of nitrogens with one attached hydrogen (secondary N) is 1. The van der Waals surface area contributed by atoms with Gasteiger partial charge in [-0.3, -0.25) is 4.98 Å². The number of aromatic nitrogens is 4. The zero-order chi connectivity index (χ0) is 18.4. The van der Waals surface area contributed by atoms with Crippen molar-refractivity contribution in [2.75, 3.05) is 11.9 Å². The van der Waals surface area contributed by atoms with Crippen molar-refractivity contribution in [1.29, 1.82) is 0 Å². The Morgan fingerprint density at radius 1 is 1.19 bits per heavy atom. The summed E-state index contributed by atoms with van der Waals surface area (Å²) in [5, 5.41) is 3.41. The van der Waals surface area contributed by atoms with Gasteiger partial charge in [-0.1, -0.05) is 13.0 Å². The minimum absolute atomic E-state index is 0.575. The van der Waals surface area contributed by atoms with Gasteiger partial charge in [-0.2, -0.15) is 0 Å². The lowest BCUT2D eigenvalue weighted by molar-refractivity contribution is 0.530. The molecule has 5 heteroatoms. The monoisotopic (exact) mass is 359 g/mol. The van der Waals surface area contributed by atoms with Crippen LogP contribution in [0.3, 0.4) is 0 Å². The Kier molecular flexibility index (Phi) is 3.96. The second-order valence-electron chi connectivity index (χ2n) is 7.72. The highest BCUT2D eigenvalue weighted by Crippen LogP contribution is 2.52. The summed E-state index contributed by atoms with van der Waals surface area (Å²) in [6, 6.07) is 11.0. The van der Waals surface area contributed by atoms with E-state index in [1.165, 1.54) is 36.3 Å². The van der Waals surface area contributed by atoms with Crippen molar-refractivity contribution in [1.82, 2.24) is 19.5 Å². The first kappa shape index (κ1) is 16.5. The zero-order valence-corrected chi connectivity index (χ0v) is 15.9. The van der Waals surface area contributed by atoms with Crippen molar-refractivity contribution < 1.29 is 0 Å². The Bertz CT molecular complexity index is 990. The Labute approximate surface area is 159 Å². The van der Waals surface area contributed by atoms with Crippen molar-refractivity contribution in [3.05, 3.63) is 48.0 Å². The molecule has 0 saturated heterocycles. The van der Waals surface area contributed by atoms with E-state index in [1.54, 1.807) is 0 Å². The fourth-order valence-corrected chi connectivity index (χ4v) is 4.59. The van der Waals surface area contributed by atoms with Crippen LogP contribution in [0.5, 0.6) is 0 Å². The topological polar surface area (TPSA) is 55.6 Å². The number of imidazole rings is 1. The highest BCUT2D eigenvalue weighted by molar-refractivity contribution is 5.79. The zero-order valence-electron chi connectivity index (χ0n) is 15.9. The van der Waals surface area contributed by atoms with E-state index in [0.717, 1.165) is 35.9 Å². The molecule has 0 spiro atoms. The average molecular weight is 359 g/mol.